The highest BCUT2D eigenvalue weighted by Gasteiger charge is 2.57. The van der Waals surface area contributed by atoms with E-state index in [1.54, 1.807) is 12.1 Å². The van der Waals surface area contributed by atoms with Gasteiger partial charge in [-0.3, -0.25) is 9.59 Å². The molecule has 126 valence electrons. The Balaban J connectivity index is 2.81. The Kier molecular flexibility index (Phi) is 5.08. The molecule has 5 nitrogen and oxygen atoms in total. The number of allylic oxidation sites excluding steroid dienone is 1. The van der Waals surface area contributed by atoms with Crippen LogP contribution in [0, 0.1) is 11.3 Å². The molecule has 0 aromatic heterocycles. The standard InChI is InChI=1S/C19H21NO4/c1-3-12-8-7-10-15-16(12)13(4-2)14(9-5-6-11-20)19(15,17(21)22)18(23)24/h7-8,10H,3-6,9H2,1-2H3,(H,21,22)(H,23,24). The number of carbonyl (C=O) groups is 2. The van der Waals surface area contributed by atoms with Gasteiger partial charge in [-0.05, 0) is 53.5 Å². The van der Waals surface area contributed by atoms with Crippen molar-refractivity contribution in [2.75, 3.05) is 0 Å². The van der Waals surface area contributed by atoms with E-state index in [0.717, 1.165) is 16.7 Å². The van der Waals surface area contributed by atoms with Gasteiger partial charge in [0.1, 0.15) is 0 Å². The van der Waals surface area contributed by atoms with Gasteiger partial charge in [0.05, 0.1) is 6.07 Å². The molecule has 2 rings (SSSR count). The van der Waals surface area contributed by atoms with Crippen LogP contribution in [0.1, 0.15) is 56.2 Å². The van der Waals surface area contributed by atoms with Crippen LogP contribution in [0.2, 0.25) is 0 Å². The molecule has 0 spiro atoms. The maximum absolute atomic E-state index is 12.2. The first-order chi connectivity index (χ1) is 11.5. The first-order valence-electron chi connectivity index (χ1n) is 8.15. The van der Waals surface area contributed by atoms with Crippen molar-refractivity contribution in [3.63, 3.8) is 0 Å². The second-order valence-corrected chi connectivity index (χ2v) is 5.88. The lowest BCUT2D eigenvalue weighted by Crippen LogP contribution is -2.44. The Hall–Kier alpha value is -2.61. The second-order valence-electron chi connectivity index (χ2n) is 5.88. The summed E-state index contributed by atoms with van der Waals surface area (Å²) in [5.74, 6) is -2.72. The summed E-state index contributed by atoms with van der Waals surface area (Å²) >= 11 is 0. The maximum atomic E-state index is 12.2. The maximum Gasteiger partial charge on any atom is 0.329 e. The summed E-state index contributed by atoms with van der Waals surface area (Å²) in [6, 6.07) is 7.30. The number of aliphatic carboxylic acids is 2. The van der Waals surface area contributed by atoms with Gasteiger partial charge in [-0.2, -0.15) is 5.26 Å². The van der Waals surface area contributed by atoms with Crippen molar-refractivity contribution >= 4 is 17.5 Å². The van der Waals surface area contributed by atoms with Crippen molar-refractivity contribution in [1.29, 1.82) is 5.26 Å². The lowest BCUT2D eigenvalue weighted by Gasteiger charge is -2.25. The molecule has 5 heteroatoms. The van der Waals surface area contributed by atoms with Crippen molar-refractivity contribution in [3.8, 4) is 6.07 Å². The molecule has 0 saturated heterocycles. The SMILES string of the molecule is CCC1=C(CCCC#N)C(C(=O)O)(C(=O)O)c2cccc(CC)c21. The Morgan fingerprint density at radius 1 is 1.17 bits per heavy atom. The topological polar surface area (TPSA) is 98.4 Å². The number of rotatable bonds is 7. The molecule has 0 atom stereocenters. The average molecular weight is 327 g/mol. The number of unbranched alkanes of at least 4 members (excludes halogenated alkanes) is 1. The molecule has 0 unspecified atom stereocenters. The van der Waals surface area contributed by atoms with Gasteiger partial charge in [-0.15, -0.1) is 0 Å². The van der Waals surface area contributed by atoms with Crippen molar-refractivity contribution in [1.82, 2.24) is 0 Å². The largest absolute Gasteiger partial charge is 0.480 e. The van der Waals surface area contributed by atoms with Gasteiger partial charge < -0.3 is 10.2 Å². The summed E-state index contributed by atoms with van der Waals surface area (Å²) in [5.41, 5.74) is 1.29. The van der Waals surface area contributed by atoms with E-state index in [0.29, 0.717) is 36.8 Å². The lowest BCUT2D eigenvalue weighted by molar-refractivity contribution is -0.155. The van der Waals surface area contributed by atoms with E-state index in [-0.39, 0.29) is 6.42 Å². The van der Waals surface area contributed by atoms with Crippen molar-refractivity contribution in [2.24, 2.45) is 0 Å². The molecule has 0 bridgehead atoms. The van der Waals surface area contributed by atoms with E-state index >= 15 is 0 Å². The third-order valence-corrected chi connectivity index (χ3v) is 4.76. The number of hydrogen-bond donors (Lipinski definition) is 2. The van der Waals surface area contributed by atoms with Crippen LogP contribution in [0.5, 0.6) is 0 Å². The quantitative estimate of drug-likeness (QED) is 0.589. The predicted octanol–water partition coefficient (Wildman–Crippen LogP) is 3.53. The van der Waals surface area contributed by atoms with E-state index in [1.165, 1.54) is 0 Å². The smallest absolute Gasteiger partial charge is 0.329 e. The zero-order valence-corrected chi connectivity index (χ0v) is 13.9. The van der Waals surface area contributed by atoms with Crippen molar-refractivity contribution in [2.45, 2.75) is 51.4 Å². The van der Waals surface area contributed by atoms with Crippen LogP contribution in [-0.2, 0) is 21.4 Å². The Morgan fingerprint density at radius 2 is 1.83 bits per heavy atom. The van der Waals surface area contributed by atoms with E-state index in [1.807, 2.05) is 26.0 Å². The van der Waals surface area contributed by atoms with Crippen LogP contribution in [-0.4, -0.2) is 22.2 Å². The number of carboxylic acids is 2. The fourth-order valence-corrected chi connectivity index (χ4v) is 3.76. The van der Waals surface area contributed by atoms with E-state index < -0.39 is 17.4 Å². The van der Waals surface area contributed by atoms with Crippen LogP contribution in [0.4, 0.5) is 0 Å². The zero-order chi connectivity index (χ0) is 17.9. The molecule has 0 radical (unpaired) electrons. The minimum Gasteiger partial charge on any atom is -0.480 e. The van der Waals surface area contributed by atoms with Crippen LogP contribution >= 0.6 is 0 Å². The Morgan fingerprint density at radius 3 is 2.33 bits per heavy atom. The molecule has 1 aliphatic rings. The average Bonchev–Trinajstić information content (AvgIpc) is 2.85. The number of hydrogen-bond acceptors (Lipinski definition) is 3. The van der Waals surface area contributed by atoms with Crippen LogP contribution in [0.15, 0.2) is 23.8 Å². The fraction of sp³-hybridized carbons (Fsp3) is 0.421. The second kappa shape index (κ2) is 6.88. The highest BCUT2D eigenvalue weighted by atomic mass is 16.4. The minimum atomic E-state index is -2.04. The number of carboxylic acid groups (broad SMARTS) is 2. The molecule has 2 N–H and O–H groups in total. The van der Waals surface area contributed by atoms with Gasteiger partial charge in [-0.25, -0.2) is 0 Å². The first kappa shape index (κ1) is 17.7. The first-order valence-corrected chi connectivity index (χ1v) is 8.15. The summed E-state index contributed by atoms with van der Waals surface area (Å²) in [7, 11) is 0. The molecule has 0 heterocycles. The molecular weight excluding hydrogens is 306 g/mol. The number of nitriles is 1. The molecule has 1 aromatic rings. The molecule has 0 fully saturated rings. The van der Waals surface area contributed by atoms with Crippen molar-refractivity contribution in [3.05, 3.63) is 40.5 Å². The summed E-state index contributed by atoms with van der Waals surface area (Å²) in [4.78, 5) is 24.3. The zero-order valence-electron chi connectivity index (χ0n) is 13.9. The van der Waals surface area contributed by atoms with Gasteiger partial charge in [0, 0.05) is 6.42 Å². The Bertz CT molecular complexity index is 741. The number of aryl methyl sites for hydroxylation is 1. The van der Waals surface area contributed by atoms with Gasteiger partial charge in [-0.1, -0.05) is 32.0 Å². The van der Waals surface area contributed by atoms with E-state index in [9.17, 15) is 19.8 Å². The molecule has 0 saturated carbocycles. The normalized spacial score (nSPS) is 15.0. The lowest BCUT2D eigenvalue weighted by atomic mass is 9.75. The van der Waals surface area contributed by atoms with Crippen LogP contribution < -0.4 is 0 Å². The van der Waals surface area contributed by atoms with Gasteiger partial charge >= 0.3 is 11.9 Å². The third kappa shape index (κ3) is 2.39. The van der Waals surface area contributed by atoms with Gasteiger partial charge in [0.15, 0.2) is 0 Å². The van der Waals surface area contributed by atoms with E-state index in [4.69, 9.17) is 5.26 Å². The van der Waals surface area contributed by atoms with Crippen molar-refractivity contribution < 1.29 is 19.8 Å². The number of fused-ring (bicyclic) bond motifs is 1. The van der Waals surface area contributed by atoms with Crippen LogP contribution in [0.25, 0.3) is 5.57 Å². The molecule has 1 aliphatic carbocycles. The third-order valence-electron chi connectivity index (χ3n) is 4.76. The van der Waals surface area contributed by atoms with E-state index in [2.05, 4.69) is 0 Å². The molecule has 0 aliphatic heterocycles. The van der Waals surface area contributed by atoms with Crippen LogP contribution in [0.3, 0.4) is 0 Å². The monoisotopic (exact) mass is 327 g/mol. The number of nitrogens with zero attached hydrogens (tertiary/aromatic N) is 1. The fourth-order valence-electron chi connectivity index (χ4n) is 3.76. The minimum absolute atomic E-state index is 0.271. The summed E-state index contributed by atoms with van der Waals surface area (Å²) < 4.78 is 0. The highest BCUT2D eigenvalue weighted by molar-refractivity contribution is 6.14. The predicted molar refractivity (Wildman–Crippen MR) is 89.4 cm³/mol. The Labute approximate surface area is 141 Å². The number of benzene rings is 1. The van der Waals surface area contributed by atoms with Gasteiger partial charge in [0.2, 0.25) is 5.41 Å². The molecular formula is C19H21NO4. The molecule has 24 heavy (non-hydrogen) atoms. The molecule has 1 aromatic carbocycles. The van der Waals surface area contributed by atoms with Gasteiger partial charge in [0.25, 0.3) is 0 Å². The summed E-state index contributed by atoms with van der Waals surface area (Å²) in [6.07, 6.45) is 2.29. The summed E-state index contributed by atoms with van der Waals surface area (Å²) in [5, 5.41) is 28.6. The molecule has 0 amide bonds. The highest BCUT2D eigenvalue weighted by Crippen LogP contribution is 2.51. The summed E-state index contributed by atoms with van der Waals surface area (Å²) in [6.45, 7) is 3.88.